The zero-order chi connectivity index (χ0) is 28.5. The predicted octanol–water partition coefficient (Wildman–Crippen LogP) is 9.82. The molecule has 0 aromatic heterocycles. The van der Waals surface area contributed by atoms with Gasteiger partial charge in [-0.25, -0.2) is 4.79 Å². The highest BCUT2D eigenvalue weighted by Crippen LogP contribution is 2.67. The van der Waals surface area contributed by atoms with Crippen molar-refractivity contribution < 1.29 is 14.3 Å². The van der Waals surface area contributed by atoms with Gasteiger partial charge in [-0.2, -0.15) is 0 Å². The first-order valence-electron chi connectivity index (χ1n) is 16.4. The number of hydrogen-bond acceptors (Lipinski definition) is 3. The minimum absolute atomic E-state index is 0.0172. The first kappa shape index (κ1) is 29.5. The lowest BCUT2D eigenvalue weighted by molar-refractivity contribution is -0.0594. The smallest absolute Gasteiger partial charge is 0.338 e. The third kappa shape index (κ3) is 5.68. The van der Waals surface area contributed by atoms with Crippen molar-refractivity contribution in [3.63, 3.8) is 0 Å². The second kappa shape index (κ2) is 12.1. The van der Waals surface area contributed by atoms with Crippen molar-refractivity contribution >= 4 is 5.97 Å². The molecule has 0 heterocycles. The van der Waals surface area contributed by atoms with Gasteiger partial charge < -0.3 is 9.47 Å². The van der Waals surface area contributed by atoms with Gasteiger partial charge in [0, 0.05) is 6.42 Å². The summed E-state index contributed by atoms with van der Waals surface area (Å²) in [6.07, 6.45) is 18.4. The fraction of sp³-hybridized carbons (Fsp3) is 0.703. The van der Waals surface area contributed by atoms with E-state index in [0.717, 1.165) is 60.5 Å². The molecular formula is C37H54O3. The van der Waals surface area contributed by atoms with Crippen LogP contribution < -0.4 is 4.74 Å². The predicted molar refractivity (Wildman–Crippen MR) is 164 cm³/mol. The number of ether oxygens (including phenoxy) is 2. The largest absolute Gasteiger partial charge is 0.490 e. The Bertz CT molecular complexity index is 1070. The van der Waals surface area contributed by atoms with Gasteiger partial charge in [-0.05, 0) is 116 Å². The van der Waals surface area contributed by atoms with Crippen LogP contribution in [0, 0.1) is 46.3 Å². The standard InChI is InChI=1S/C37H54O3/c1-7-23-39-29-14-11-27(12-15-29)35(38)40-30-19-21-36(5)28(24-30)13-16-31-33-18-17-32(26(4)10-8-9-25(2)3)37(33,6)22-20-34(31)36/h7,11-15,25-26,30-34H,1,8-10,16-24H2,2-6H3/t26-,30?,31?,32-,33?,34?,36+,37-/m1/s1. The molecule has 3 saturated carbocycles. The molecule has 8 atom stereocenters. The summed E-state index contributed by atoms with van der Waals surface area (Å²) in [6, 6.07) is 7.27. The monoisotopic (exact) mass is 546 g/mol. The zero-order valence-electron chi connectivity index (χ0n) is 25.9. The number of carbonyl (C=O) groups excluding carboxylic acids is 1. The van der Waals surface area contributed by atoms with E-state index >= 15 is 0 Å². The van der Waals surface area contributed by atoms with Crippen LogP contribution in [-0.4, -0.2) is 18.7 Å². The van der Waals surface area contributed by atoms with Crippen LogP contribution in [0.4, 0.5) is 0 Å². The maximum atomic E-state index is 13.0. The summed E-state index contributed by atoms with van der Waals surface area (Å²) in [5.74, 6) is 5.62. The molecule has 0 spiro atoms. The Kier molecular flexibility index (Phi) is 8.89. The number of esters is 1. The number of hydrogen-bond donors (Lipinski definition) is 0. The van der Waals surface area contributed by atoms with Crippen LogP contribution in [0.1, 0.15) is 116 Å². The van der Waals surface area contributed by atoms with Crippen LogP contribution >= 0.6 is 0 Å². The second-order valence-electron chi connectivity index (χ2n) is 14.7. The summed E-state index contributed by atoms with van der Waals surface area (Å²) in [5.41, 5.74) is 2.97. The molecule has 0 saturated heterocycles. The van der Waals surface area contributed by atoms with Crippen LogP contribution in [0.25, 0.3) is 0 Å². The third-order valence-corrected chi connectivity index (χ3v) is 12.0. The van der Waals surface area contributed by atoms with Crippen LogP contribution in [0.3, 0.4) is 0 Å². The summed E-state index contributed by atoms with van der Waals surface area (Å²) < 4.78 is 11.6. The number of rotatable bonds is 10. The summed E-state index contributed by atoms with van der Waals surface area (Å²) in [6.45, 7) is 16.7. The molecule has 0 N–H and O–H groups in total. The molecule has 1 aromatic rings. The average Bonchev–Trinajstić information content (AvgIpc) is 3.29. The Hall–Kier alpha value is -2.03. The molecule has 40 heavy (non-hydrogen) atoms. The maximum Gasteiger partial charge on any atom is 0.338 e. The molecule has 5 rings (SSSR count). The molecule has 0 amide bonds. The van der Waals surface area contributed by atoms with E-state index in [1.807, 2.05) is 12.1 Å². The van der Waals surface area contributed by atoms with Gasteiger partial charge in [0.25, 0.3) is 0 Å². The highest BCUT2D eigenvalue weighted by molar-refractivity contribution is 5.89. The van der Waals surface area contributed by atoms with Gasteiger partial charge in [-0.3, -0.25) is 0 Å². The minimum atomic E-state index is -0.217. The molecule has 3 heteroatoms. The minimum Gasteiger partial charge on any atom is -0.490 e. The Labute approximate surface area is 244 Å². The second-order valence-corrected chi connectivity index (χ2v) is 14.7. The zero-order valence-corrected chi connectivity index (χ0v) is 25.9. The van der Waals surface area contributed by atoms with Gasteiger partial charge in [0.2, 0.25) is 0 Å². The molecular weight excluding hydrogens is 492 g/mol. The van der Waals surface area contributed by atoms with E-state index in [2.05, 4.69) is 47.3 Å². The summed E-state index contributed by atoms with van der Waals surface area (Å²) in [7, 11) is 0. The molecule has 4 aliphatic carbocycles. The van der Waals surface area contributed by atoms with Crippen molar-refractivity contribution in [1.29, 1.82) is 0 Å². The van der Waals surface area contributed by atoms with Gasteiger partial charge in [-0.15, -0.1) is 0 Å². The number of allylic oxidation sites excluding steroid dienone is 1. The van der Waals surface area contributed by atoms with Crippen LogP contribution in [0.15, 0.2) is 48.6 Å². The van der Waals surface area contributed by atoms with Crippen molar-refractivity contribution in [2.45, 2.75) is 111 Å². The summed E-state index contributed by atoms with van der Waals surface area (Å²) in [5, 5.41) is 0. The van der Waals surface area contributed by atoms with Gasteiger partial charge in [0.15, 0.2) is 0 Å². The highest BCUT2D eigenvalue weighted by Gasteiger charge is 2.59. The Balaban J connectivity index is 1.21. The highest BCUT2D eigenvalue weighted by atomic mass is 16.5. The van der Waals surface area contributed by atoms with Gasteiger partial charge in [0.05, 0.1) is 5.56 Å². The molecule has 0 aliphatic heterocycles. The van der Waals surface area contributed by atoms with Crippen LogP contribution in [-0.2, 0) is 4.74 Å². The quantitative estimate of drug-likeness (QED) is 0.216. The lowest BCUT2D eigenvalue weighted by atomic mass is 9.47. The molecule has 4 unspecified atom stereocenters. The summed E-state index contributed by atoms with van der Waals surface area (Å²) >= 11 is 0. The average molecular weight is 547 g/mol. The third-order valence-electron chi connectivity index (χ3n) is 12.0. The number of carbonyl (C=O) groups is 1. The lowest BCUT2D eigenvalue weighted by Gasteiger charge is -2.58. The first-order valence-corrected chi connectivity index (χ1v) is 16.4. The van der Waals surface area contributed by atoms with E-state index in [1.54, 1.807) is 23.8 Å². The van der Waals surface area contributed by atoms with Crippen molar-refractivity contribution in [3.8, 4) is 5.75 Å². The number of benzene rings is 1. The van der Waals surface area contributed by atoms with E-state index < -0.39 is 0 Å². The van der Waals surface area contributed by atoms with E-state index in [4.69, 9.17) is 9.47 Å². The van der Waals surface area contributed by atoms with Crippen molar-refractivity contribution in [2.24, 2.45) is 46.3 Å². The summed E-state index contributed by atoms with van der Waals surface area (Å²) in [4.78, 5) is 13.0. The SMILES string of the molecule is C=CCOc1ccc(C(=O)OC2CC[C@@]3(C)C(=CCC4C3CC[C@@]3(C)C4CC[C@@H]3[C@H](C)CCCC(C)C)C2)cc1. The number of fused-ring (bicyclic) bond motifs is 5. The molecule has 1 aromatic carbocycles. The fourth-order valence-electron chi connectivity index (χ4n) is 9.81. The molecule has 4 aliphatic rings. The van der Waals surface area contributed by atoms with E-state index in [-0.39, 0.29) is 17.5 Å². The van der Waals surface area contributed by atoms with Crippen LogP contribution in [0.2, 0.25) is 0 Å². The normalized spacial score (nSPS) is 35.6. The molecule has 220 valence electrons. The van der Waals surface area contributed by atoms with Gasteiger partial charge >= 0.3 is 5.97 Å². The maximum absolute atomic E-state index is 13.0. The van der Waals surface area contributed by atoms with Crippen LogP contribution in [0.5, 0.6) is 5.75 Å². The Morgan fingerprint density at radius 1 is 1.02 bits per heavy atom. The molecule has 0 radical (unpaired) electrons. The Morgan fingerprint density at radius 2 is 1.80 bits per heavy atom. The van der Waals surface area contributed by atoms with E-state index in [0.29, 0.717) is 17.6 Å². The fourth-order valence-corrected chi connectivity index (χ4v) is 9.81. The van der Waals surface area contributed by atoms with Gasteiger partial charge in [0.1, 0.15) is 18.5 Å². The van der Waals surface area contributed by atoms with Crippen molar-refractivity contribution in [1.82, 2.24) is 0 Å². The van der Waals surface area contributed by atoms with Crippen molar-refractivity contribution in [3.05, 3.63) is 54.1 Å². The van der Waals surface area contributed by atoms with E-state index in [1.165, 1.54) is 51.4 Å². The topological polar surface area (TPSA) is 35.5 Å². The molecule has 3 fully saturated rings. The van der Waals surface area contributed by atoms with Crippen molar-refractivity contribution in [2.75, 3.05) is 6.61 Å². The molecule has 3 nitrogen and oxygen atoms in total. The van der Waals surface area contributed by atoms with E-state index in [9.17, 15) is 4.79 Å². The lowest BCUT2D eigenvalue weighted by Crippen LogP contribution is -2.51. The van der Waals surface area contributed by atoms with Gasteiger partial charge in [-0.1, -0.05) is 78.2 Å². The first-order chi connectivity index (χ1) is 19.2. The molecule has 0 bridgehead atoms. The Morgan fingerprint density at radius 3 is 2.52 bits per heavy atom.